The van der Waals surface area contributed by atoms with Gasteiger partial charge < -0.3 is 15.0 Å². The number of aromatic nitrogens is 2. The van der Waals surface area contributed by atoms with Gasteiger partial charge in [0, 0.05) is 24.7 Å². The van der Waals surface area contributed by atoms with E-state index in [-0.39, 0.29) is 17.9 Å². The van der Waals surface area contributed by atoms with Crippen LogP contribution in [0.2, 0.25) is 0 Å². The van der Waals surface area contributed by atoms with Gasteiger partial charge in [0.15, 0.2) is 0 Å². The highest BCUT2D eigenvalue weighted by atomic mass is 16.5. The van der Waals surface area contributed by atoms with Crippen molar-refractivity contribution in [2.75, 3.05) is 19.7 Å². The molecule has 0 aliphatic carbocycles. The zero-order valence-corrected chi connectivity index (χ0v) is 18.5. The lowest BCUT2D eigenvalue weighted by molar-refractivity contribution is 0.0698. The number of amides is 2. The van der Waals surface area contributed by atoms with Crippen LogP contribution >= 0.6 is 0 Å². The van der Waals surface area contributed by atoms with E-state index in [0.29, 0.717) is 30.8 Å². The lowest BCUT2D eigenvalue weighted by Crippen LogP contribution is -2.46. The molecule has 1 aliphatic heterocycles. The predicted octanol–water partition coefficient (Wildman–Crippen LogP) is 3.61. The van der Waals surface area contributed by atoms with E-state index in [0.717, 1.165) is 30.0 Å². The molecule has 0 atom stereocenters. The summed E-state index contributed by atoms with van der Waals surface area (Å²) in [6.45, 7) is 5.64. The first-order valence-corrected chi connectivity index (χ1v) is 11.0. The van der Waals surface area contributed by atoms with Crippen molar-refractivity contribution in [3.8, 4) is 11.4 Å². The third-order valence-corrected chi connectivity index (χ3v) is 5.78. The molecule has 166 valence electrons. The number of benzene rings is 2. The molecule has 1 N–H and O–H groups in total. The van der Waals surface area contributed by atoms with Crippen LogP contribution < -0.4 is 10.1 Å². The minimum atomic E-state index is -0.124. The number of ether oxygens (including phenoxy) is 1. The fraction of sp³-hybridized carbons (Fsp3) is 0.320. The summed E-state index contributed by atoms with van der Waals surface area (Å²) in [6, 6.07) is 17.0. The van der Waals surface area contributed by atoms with Crippen LogP contribution in [0.3, 0.4) is 0 Å². The summed E-state index contributed by atoms with van der Waals surface area (Å²) in [5.74, 6) is 0.648. The van der Waals surface area contributed by atoms with Gasteiger partial charge >= 0.3 is 0 Å². The quantitative estimate of drug-likeness (QED) is 0.646. The first kappa shape index (κ1) is 21.6. The summed E-state index contributed by atoms with van der Waals surface area (Å²) < 4.78 is 7.21. The number of para-hydroxylation sites is 1. The van der Waals surface area contributed by atoms with E-state index in [1.165, 1.54) is 0 Å². The fourth-order valence-corrected chi connectivity index (χ4v) is 4.00. The number of carbonyl (C=O) groups is 2. The number of nitrogens with one attached hydrogen (secondary N) is 1. The molecule has 0 saturated carbocycles. The van der Waals surface area contributed by atoms with Crippen LogP contribution in [0.5, 0.6) is 5.75 Å². The number of hydrogen-bond acceptors (Lipinski definition) is 4. The summed E-state index contributed by atoms with van der Waals surface area (Å²) in [5, 5.41) is 7.50. The molecule has 2 heterocycles. The van der Waals surface area contributed by atoms with Crippen molar-refractivity contribution < 1.29 is 14.3 Å². The van der Waals surface area contributed by atoms with E-state index < -0.39 is 0 Å². The molecule has 0 spiro atoms. The van der Waals surface area contributed by atoms with Gasteiger partial charge in [0.05, 0.1) is 29.7 Å². The second-order valence-corrected chi connectivity index (χ2v) is 7.89. The number of likely N-dealkylation sites (tertiary alicyclic amines) is 1. The van der Waals surface area contributed by atoms with Crippen molar-refractivity contribution >= 4 is 11.8 Å². The maximum absolute atomic E-state index is 12.8. The van der Waals surface area contributed by atoms with E-state index in [4.69, 9.17) is 4.74 Å². The number of carbonyl (C=O) groups excluding carboxylic acids is 2. The summed E-state index contributed by atoms with van der Waals surface area (Å²) in [6.07, 6.45) is 3.06. The third kappa shape index (κ3) is 4.66. The standard InChI is InChI=1S/C25H28N4O3/c1-3-32-22-11-9-19(10-12-22)25(31)28-15-13-20(14-16-28)27-24(30)23-17-26-29(18(23)2)21-7-5-4-6-8-21/h4-12,17,20H,3,13-16H2,1-2H3,(H,27,30). The number of hydrogen-bond donors (Lipinski definition) is 1. The lowest BCUT2D eigenvalue weighted by atomic mass is 10.0. The Morgan fingerprint density at radius 1 is 1.06 bits per heavy atom. The first-order valence-electron chi connectivity index (χ1n) is 11.0. The van der Waals surface area contributed by atoms with Gasteiger partial charge in [-0.25, -0.2) is 4.68 Å². The Bertz CT molecular complexity index is 1070. The Balaban J connectivity index is 1.33. The molecular formula is C25H28N4O3. The highest BCUT2D eigenvalue weighted by Gasteiger charge is 2.26. The van der Waals surface area contributed by atoms with E-state index in [9.17, 15) is 9.59 Å². The molecule has 1 saturated heterocycles. The maximum Gasteiger partial charge on any atom is 0.254 e. The van der Waals surface area contributed by atoms with Crippen molar-refractivity contribution in [1.29, 1.82) is 0 Å². The van der Waals surface area contributed by atoms with Gasteiger partial charge in [-0.1, -0.05) is 18.2 Å². The Hall–Kier alpha value is -3.61. The normalized spacial score (nSPS) is 14.2. The molecule has 2 aromatic carbocycles. The largest absolute Gasteiger partial charge is 0.494 e. The van der Waals surface area contributed by atoms with Crippen LogP contribution in [-0.4, -0.2) is 52.2 Å². The minimum absolute atomic E-state index is 0.0119. The summed E-state index contributed by atoms with van der Waals surface area (Å²) in [4.78, 5) is 27.5. The molecule has 7 nitrogen and oxygen atoms in total. The van der Waals surface area contributed by atoms with E-state index >= 15 is 0 Å². The number of nitrogens with zero attached hydrogens (tertiary/aromatic N) is 3. The molecule has 3 aromatic rings. The van der Waals surface area contributed by atoms with Gasteiger partial charge in [-0.05, 0) is 63.1 Å². The first-order chi connectivity index (χ1) is 15.6. The summed E-state index contributed by atoms with van der Waals surface area (Å²) in [5.41, 5.74) is 2.95. The van der Waals surface area contributed by atoms with Crippen LogP contribution in [-0.2, 0) is 0 Å². The minimum Gasteiger partial charge on any atom is -0.494 e. The fourth-order valence-electron chi connectivity index (χ4n) is 4.00. The van der Waals surface area contributed by atoms with Crippen LogP contribution in [0.4, 0.5) is 0 Å². The monoisotopic (exact) mass is 432 g/mol. The molecular weight excluding hydrogens is 404 g/mol. The molecule has 4 rings (SSSR count). The second kappa shape index (κ2) is 9.68. The van der Waals surface area contributed by atoms with Crippen LogP contribution in [0.25, 0.3) is 5.69 Å². The van der Waals surface area contributed by atoms with Gasteiger partial charge in [0.2, 0.25) is 0 Å². The molecule has 1 aliphatic rings. The van der Waals surface area contributed by atoms with Gasteiger partial charge in [-0.2, -0.15) is 5.10 Å². The number of rotatable bonds is 6. The van der Waals surface area contributed by atoms with Crippen molar-refractivity contribution in [2.24, 2.45) is 0 Å². The predicted molar refractivity (Wildman–Crippen MR) is 122 cm³/mol. The topological polar surface area (TPSA) is 76.5 Å². The molecule has 0 unspecified atom stereocenters. The van der Waals surface area contributed by atoms with Crippen LogP contribution in [0.15, 0.2) is 60.8 Å². The number of piperidine rings is 1. The molecule has 32 heavy (non-hydrogen) atoms. The van der Waals surface area contributed by atoms with Gasteiger partial charge in [0.25, 0.3) is 11.8 Å². The molecule has 1 fully saturated rings. The van der Waals surface area contributed by atoms with Gasteiger partial charge in [0.1, 0.15) is 5.75 Å². The maximum atomic E-state index is 12.8. The van der Waals surface area contributed by atoms with Crippen molar-refractivity contribution in [1.82, 2.24) is 20.0 Å². The van der Waals surface area contributed by atoms with Crippen molar-refractivity contribution in [3.63, 3.8) is 0 Å². The molecule has 1 aromatic heterocycles. The zero-order chi connectivity index (χ0) is 22.5. The zero-order valence-electron chi connectivity index (χ0n) is 18.5. The smallest absolute Gasteiger partial charge is 0.254 e. The van der Waals surface area contributed by atoms with E-state index in [2.05, 4.69) is 10.4 Å². The Morgan fingerprint density at radius 3 is 2.41 bits per heavy atom. The molecule has 0 bridgehead atoms. The molecule has 7 heteroatoms. The summed E-state index contributed by atoms with van der Waals surface area (Å²) in [7, 11) is 0. The van der Waals surface area contributed by atoms with Gasteiger partial charge in [-0.15, -0.1) is 0 Å². The SMILES string of the molecule is CCOc1ccc(C(=O)N2CCC(NC(=O)c3cnn(-c4ccccc4)c3C)CC2)cc1. The Kier molecular flexibility index (Phi) is 6.54. The highest BCUT2D eigenvalue weighted by molar-refractivity contribution is 5.96. The van der Waals surface area contributed by atoms with E-state index in [1.807, 2.05) is 61.2 Å². The Labute approximate surface area is 188 Å². The Morgan fingerprint density at radius 2 is 1.75 bits per heavy atom. The third-order valence-electron chi connectivity index (χ3n) is 5.78. The average molecular weight is 433 g/mol. The van der Waals surface area contributed by atoms with Crippen molar-refractivity contribution in [3.05, 3.63) is 77.6 Å². The molecule has 0 radical (unpaired) electrons. The van der Waals surface area contributed by atoms with E-state index in [1.54, 1.807) is 23.0 Å². The van der Waals surface area contributed by atoms with Crippen molar-refractivity contribution in [2.45, 2.75) is 32.7 Å². The highest BCUT2D eigenvalue weighted by Crippen LogP contribution is 2.19. The lowest BCUT2D eigenvalue weighted by Gasteiger charge is -2.32. The van der Waals surface area contributed by atoms with Crippen LogP contribution in [0, 0.1) is 6.92 Å². The van der Waals surface area contributed by atoms with Crippen LogP contribution in [0.1, 0.15) is 46.2 Å². The summed E-state index contributed by atoms with van der Waals surface area (Å²) >= 11 is 0. The average Bonchev–Trinajstić information content (AvgIpc) is 3.22. The molecule has 2 amide bonds. The second-order valence-electron chi connectivity index (χ2n) is 7.89. The van der Waals surface area contributed by atoms with Gasteiger partial charge in [-0.3, -0.25) is 9.59 Å².